The average Bonchev–Trinajstić information content (AvgIpc) is 3.53. The fraction of sp³-hybridized carbons (Fsp3) is 0.583. The van der Waals surface area contributed by atoms with Crippen molar-refractivity contribution in [3.8, 4) is 12.1 Å². The van der Waals surface area contributed by atoms with E-state index in [0.717, 1.165) is 36.0 Å². The monoisotopic (exact) mass is 506 g/mol. The van der Waals surface area contributed by atoms with E-state index in [4.69, 9.17) is 10.00 Å². The van der Waals surface area contributed by atoms with Gasteiger partial charge in [-0.1, -0.05) is 0 Å². The van der Waals surface area contributed by atoms with Crippen LogP contribution in [0.4, 0.5) is 5.95 Å². The summed E-state index contributed by atoms with van der Waals surface area (Å²) >= 11 is 0. The van der Waals surface area contributed by atoms with Gasteiger partial charge in [0, 0.05) is 31.1 Å². The summed E-state index contributed by atoms with van der Waals surface area (Å²) in [5.74, 6) is 0.0955. The van der Waals surface area contributed by atoms with Gasteiger partial charge in [0.2, 0.25) is 11.8 Å². The average molecular weight is 507 g/mol. The number of fused-ring (bicyclic) bond motifs is 1. The Kier molecular flexibility index (Phi) is 6.59. The van der Waals surface area contributed by atoms with Gasteiger partial charge in [0.15, 0.2) is 5.65 Å². The molecule has 3 atom stereocenters. The molecule has 3 aromatic rings. The number of carbonyl (C=O) groups excluding carboxylic acids is 1. The zero-order valence-corrected chi connectivity index (χ0v) is 21.0. The van der Waals surface area contributed by atoms with Crippen molar-refractivity contribution in [3.63, 3.8) is 0 Å². The highest BCUT2D eigenvalue weighted by Crippen LogP contribution is 2.38. The minimum Gasteiger partial charge on any atom is -0.463 e. The van der Waals surface area contributed by atoms with Gasteiger partial charge in [0.05, 0.1) is 41.3 Å². The molecule has 5 rings (SSSR count). The number of carbonyl (C=O) groups is 1. The molecular weight excluding hydrogens is 476 g/mol. The third-order valence-electron chi connectivity index (χ3n) is 7.16. The van der Waals surface area contributed by atoms with E-state index in [-0.39, 0.29) is 29.6 Å². The molecule has 1 amide bonds. The summed E-state index contributed by atoms with van der Waals surface area (Å²) in [5, 5.41) is 30.4. The highest BCUT2D eigenvalue weighted by Gasteiger charge is 2.38. The molecule has 2 aliphatic rings. The van der Waals surface area contributed by atoms with Crippen molar-refractivity contribution in [2.45, 2.75) is 57.6 Å². The zero-order chi connectivity index (χ0) is 26.2. The van der Waals surface area contributed by atoms with Crippen LogP contribution >= 0.6 is 0 Å². The Labute approximate surface area is 213 Å². The van der Waals surface area contributed by atoms with Crippen LogP contribution in [0.25, 0.3) is 11.0 Å². The lowest BCUT2D eigenvalue weighted by Gasteiger charge is -2.31. The van der Waals surface area contributed by atoms with Crippen molar-refractivity contribution in [3.05, 3.63) is 24.0 Å². The van der Waals surface area contributed by atoms with Crippen molar-refractivity contribution in [1.82, 2.24) is 40.4 Å². The topological polar surface area (TPSA) is 179 Å². The summed E-state index contributed by atoms with van der Waals surface area (Å²) in [4.78, 5) is 36.5. The van der Waals surface area contributed by atoms with Crippen LogP contribution in [-0.2, 0) is 0 Å². The number of nitriles is 1. The van der Waals surface area contributed by atoms with Crippen LogP contribution in [0.5, 0.6) is 6.01 Å². The number of nitrogens with one attached hydrogen (secondary N) is 2. The zero-order valence-electron chi connectivity index (χ0n) is 21.0. The molecule has 0 spiro atoms. The summed E-state index contributed by atoms with van der Waals surface area (Å²) in [6, 6.07) is 1.75. The molecule has 1 saturated heterocycles. The van der Waals surface area contributed by atoms with E-state index in [1.54, 1.807) is 27.0 Å². The molecule has 0 radical (unpaired) electrons. The number of amides is 1. The van der Waals surface area contributed by atoms with Gasteiger partial charge in [0.25, 0.3) is 5.91 Å². The fourth-order valence-electron chi connectivity index (χ4n) is 4.31. The Hall–Kier alpha value is -3.92. The lowest BCUT2D eigenvalue weighted by Crippen LogP contribution is -2.47. The first-order chi connectivity index (χ1) is 17.7. The lowest BCUT2D eigenvalue weighted by atomic mass is 9.92. The van der Waals surface area contributed by atoms with E-state index < -0.39 is 17.6 Å². The molecule has 4 heterocycles. The van der Waals surface area contributed by atoms with Gasteiger partial charge < -0.3 is 20.1 Å². The van der Waals surface area contributed by atoms with E-state index in [2.05, 4.69) is 46.5 Å². The molecule has 0 aromatic carbocycles. The maximum Gasteiger partial charge on any atom is 0.321 e. The molecule has 2 fully saturated rings. The molecule has 37 heavy (non-hydrogen) atoms. The molecule has 194 valence electrons. The predicted molar refractivity (Wildman–Crippen MR) is 132 cm³/mol. The van der Waals surface area contributed by atoms with E-state index in [1.807, 2.05) is 4.90 Å². The Bertz CT molecular complexity index is 1320. The summed E-state index contributed by atoms with van der Waals surface area (Å²) in [6.07, 6.45) is 5.66. The SMILES string of the molecule is C[C@@H](NC(=O)c1nc(OC[C@H]2CC2C#N)nc(N2CCC(c3n[nH]c4ncncc34)CC2)n1)C(C)(C)O. The first-order valence-electron chi connectivity index (χ1n) is 12.4. The second kappa shape index (κ2) is 9.85. The Morgan fingerprint density at radius 3 is 2.84 bits per heavy atom. The van der Waals surface area contributed by atoms with Crippen molar-refractivity contribution < 1.29 is 14.6 Å². The van der Waals surface area contributed by atoms with Gasteiger partial charge in [-0.2, -0.15) is 25.3 Å². The van der Waals surface area contributed by atoms with Gasteiger partial charge in [0.1, 0.15) is 6.33 Å². The summed E-state index contributed by atoms with van der Waals surface area (Å²) in [5.41, 5.74) is 0.552. The minimum absolute atomic E-state index is 0.0146. The lowest BCUT2D eigenvalue weighted by molar-refractivity contribution is 0.0405. The van der Waals surface area contributed by atoms with Gasteiger partial charge in [-0.05, 0) is 40.0 Å². The molecular formula is C24H30N10O3. The van der Waals surface area contributed by atoms with Crippen molar-refractivity contribution >= 4 is 22.9 Å². The predicted octanol–water partition coefficient (Wildman–Crippen LogP) is 1.35. The quantitative estimate of drug-likeness (QED) is 0.401. The molecule has 3 N–H and O–H groups in total. The third-order valence-corrected chi connectivity index (χ3v) is 7.16. The smallest absolute Gasteiger partial charge is 0.321 e. The number of anilines is 1. The number of aromatic amines is 1. The summed E-state index contributed by atoms with van der Waals surface area (Å²) in [7, 11) is 0. The molecule has 0 bridgehead atoms. The molecule has 1 unspecified atom stereocenters. The largest absolute Gasteiger partial charge is 0.463 e. The normalized spacial score (nSPS) is 20.9. The fourth-order valence-corrected chi connectivity index (χ4v) is 4.31. The number of hydrogen-bond acceptors (Lipinski definition) is 11. The number of H-pyrrole nitrogens is 1. The number of piperidine rings is 1. The van der Waals surface area contributed by atoms with Crippen molar-refractivity contribution in [1.29, 1.82) is 5.26 Å². The number of aromatic nitrogens is 7. The minimum atomic E-state index is -1.12. The second-order valence-corrected chi connectivity index (χ2v) is 10.3. The molecule has 3 aromatic heterocycles. The van der Waals surface area contributed by atoms with Gasteiger partial charge in [-0.3, -0.25) is 9.89 Å². The molecule has 1 saturated carbocycles. The number of aliphatic hydroxyl groups is 1. The molecule has 1 aliphatic heterocycles. The van der Waals surface area contributed by atoms with Gasteiger partial charge >= 0.3 is 6.01 Å². The Balaban J connectivity index is 1.33. The number of rotatable bonds is 8. The molecule has 1 aliphatic carbocycles. The van der Waals surface area contributed by atoms with E-state index in [1.165, 1.54) is 6.33 Å². The molecule has 13 nitrogen and oxygen atoms in total. The first-order valence-corrected chi connectivity index (χ1v) is 12.4. The second-order valence-electron chi connectivity index (χ2n) is 10.3. The van der Waals surface area contributed by atoms with Crippen LogP contribution < -0.4 is 15.0 Å². The van der Waals surface area contributed by atoms with Crippen LogP contribution in [0.15, 0.2) is 12.5 Å². The van der Waals surface area contributed by atoms with Crippen molar-refractivity contribution in [2.24, 2.45) is 11.8 Å². The summed E-state index contributed by atoms with van der Waals surface area (Å²) in [6.45, 7) is 6.55. The van der Waals surface area contributed by atoms with Crippen LogP contribution in [-0.4, -0.2) is 77.5 Å². The maximum absolute atomic E-state index is 13.0. The molecule has 13 heteroatoms. The van der Waals surface area contributed by atoms with Crippen LogP contribution in [0.3, 0.4) is 0 Å². The number of ether oxygens (including phenoxy) is 1. The standard InChI is InChI=1S/C24H30N10O3/c1-13(24(2,3)36)28-21(35)20-29-22(31-23(30-20)37-11-16-8-15(16)9-25)34-6-4-14(5-7-34)18-17-10-26-12-27-19(17)33-32-18/h10,12-16,36H,4-8,11H2,1-3H3,(H,28,35)(H,26,27,32,33)/t13-,15?,16-/m1/s1. The maximum atomic E-state index is 13.0. The Morgan fingerprint density at radius 1 is 1.35 bits per heavy atom. The van der Waals surface area contributed by atoms with E-state index >= 15 is 0 Å². The van der Waals surface area contributed by atoms with Crippen molar-refractivity contribution in [2.75, 3.05) is 24.6 Å². The van der Waals surface area contributed by atoms with Crippen LogP contribution in [0.2, 0.25) is 0 Å². The van der Waals surface area contributed by atoms with Gasteiger partial charge in [-0.25, -0.2) is 9.97 Å². The van der Waals surface area contributed by atoms with E-state index in [0.29, 0.717) is 25.6 Å². The highest BCUT2D eigenvalue weighted by molar-refractivity contribution is 5.91. The first kappa shape index (κ1) is 24.8. The summed E-state index contributed by atoms with van der Waals surface area (Å²) < 4.78 is 5.79. The Morgan fingerprint density at radius 2 is 2.14 bits per heavy atom. The van der Waals surface area contributed by atoms with Crippen LogP contribution in [0, 0.1) is 23.2 Å². The van der Waals surface area contributed by atoms with Gasteiger partial charge in [-0.15, -0.1) is 0 Å². The van der Waals surface area contributed by atoms with Crippen LogP contribution in [0.1, 0.15) is 62.3 Å². The number of nitrogens with zero attached hydrogens (tertiary/aromatic N) is 8. The highest BCUT2D eigenvalue weighted by atomic mass is 16.5. The third kappa shape index (κ3) is 5.43. The van der Waals surface area contributed by atoms with E-state index in [9.17, 15) is 9.90 Å². The number of hydrogen-bond donors (Lipinski definition) is 3.